The summed E-state index contributed by atoms with van der Waals surface area (Å²) in [6.07, 6.45) is 2.08. The number of rotatable bonds is 7. The second-order valence-corrected chi connectivity index (χ2v) is 7.99. The predicted octanol–water partition coefficient (Wildman–Crippen LogP) is 2.52. The van der Waals surface area contributed by atoms with Crippen LogP contribution in [0.4, 0.5) is 0 Å². The van der Waals surface area contributed by atoms with Crippen LogP contribution in [0.1, 0.15) is 40.5 Å². The van der Waals surface area contributed by atoms with Crippen LogP contribution < -0.4 is 4.72 Å². The fourth-order valence-electron chi connectivity index (χ4n) is 1.10. The molecule has 0 fully saturated rings. The van der Waals surface area contributed by atoms with Crippen LogP contribution >= 0.6 is 15.9 Å². The maximum absolute atomic E-state index is 11.5. The third-order valence-corrected chi connectivity index (χ3v) is 4.71. The maximum Gasteiger partial charge on any atom is 0.213 e. The van der Waals surface area contributed by atoms with E-state index in [-0.39, 0.29) is 10.7 Å². The average molecular weight is 300 g/mol. The minimum absolute atomic E-state index is 0.0235. The molecule has 0 aromatic carbocycles. The van der Waals surface area contributed by atoms with Crippen molar-refractivity contribution >= 4 is 26.0 Å². The zero-order valence-electron chi connectivity index (χ0n) is 10.0. The van der Waals surface area contributed by atoms with Crippen LogP contribution in [0.2, 0.25) is 0 Å². The molecule has 0 unspecified atom stereocenters. The molecule has 0 aromatic heterocycles. The lowest BCUT2D eigenvalue weighted by Crippen LogP contribution is -2.37. The Labute approximate surface area is 102 Å². The molecule has 3 nitrogen and oxygen atoms in total. The number of halogens is 1. The largest absolute Gasteiger partial charge is 0.214 e. The zero-order chi connectivity index (χ0) is 12.1. The van der Waals surface area contributed by atoms with Gasteiger partial charge in [0, 0.05) is 11.9 Å². The lowest BCUT2D eigenvalue weighted by molar-refractivity contribution is 0.332. The third kappa shape index (κ3) is 6.53. The number of hydrogen-bond donors (Lipinski definition) is 1. The van der Waals surface area contributed by atoms with Crippen molar-refractivity contribution in [2.45, 2.75) is 45.8 Å². The molecule has 0 bridgehead atoms. The Morgan fingerprint density at radius 2 is 1.87 bits per heavy atom. The normalized spacial score (nSPS) is 13.5. The first kappa shape index (κ1) is 15.4. The Kier molecular flexibility index (Phi) is 6.37. The maximum atomic E-state index is 11.5. The van der Waals surface area contributed by atoms with E-state index in [1.165, 1.54) is 0 Å². The highest BCUT2D eigenvalue weighted by Gasteiger charge is 2.22. The molecule has 0 heterocycles. The lowest BCUT2D eigenvalue weighted by atomic mass is 9.88. The van der Waals surface area contributed by atoms with Crippen molar-refractivity contribution in [2.24, 2.45) is 5.41 Å². The van der Waals surface area contributed by atoms with Crippen LogP contribution in [0, 0.1) is 5.41 Å². The highest BCUT2D eigenvalue weighted by Crippen LogP contribution is 2.22. The first-order valence-corrected chi connectivity index (χ1v) is 7.92. The Balaban J connectivity index is 4.14. The van der Waals surface area contributed by atoms with E-state index >= 15 is 0 Å². The van der Waals surface area contributed by atoms with Crippen LogP contribution in [-0.2, 0) is 10.0 Å². The van der Waals surface area contributed by atoms with Crippen molar-refractivity contribution in [3.05, 3.63) is 0 Å². The summed E-state index contributed by atoms with van der Waals surface area (Å²) in [5, 5.41) is 0.609. The van der Waals surface area contributed by atoms with E-state index < -0.39 is 10.0 Å². The van der Waals surface area contributed by atoms with E-state index in [2.05, 4.69) is 34.5 Å². The average Bonchev–Trinajstić information content (AvgIpc) is 2.12. The van der Waals surface area contributed by atoms with Gasteiger partial charge in [-0.25, -0.2) is 13.1 Å². The van der Waals surface area contributed by atoms with Crippen LogP contribution in [0.3, 0.4) is 0 Å². The summed E-state index contributed by atoms with van der Waals surface area (Å²) in [5.41, 5.74) is 0.0235. The van der Waals surface area contributed by atoms with E-state index in [4.69, 9.17) is 0 Å². The molecular formula is C10H22BrNO2S. The molecule has 92 valence electrons. The van der Waals surface area contributed by atoms with E-state index in [1.54, 1.807) is 13.8 Å². The second kappa shape index (κ2) is 6.21. The van der Waals surface area contributed by atoms with Crippen LogP contribution in [0.15, 0.2) is 0 Å². The van der Waals surface area contributed by atoms with Crippen molar-refractivity contribution in [2.75, 3.05) is 11.9 Å². The van der Waals surface area contributed by atoms with Crippen molar-refractivity contribution in [3.8, 4) is 0 Å². The molecule has 0 rings (SSSR count). The molecule has 0 aliphatic heterocycles. The molecule has 0 atom stereocenters. The SMILES string of the molecule is CC(C)S(=O)(=O)NCC(C)(C)CCCBr. The van der Waals surface area contributed by atoms with Gasteiger partial charge in [0.25, 0.3) is 0 Å². The fraction of sp³-hybridized carbons (Fsp3) is 1.00. The predicted molar refractivity (Wildman–Crippen MR) is 68.9 cm³/mol. The summed E-state index contributed by atoms with van der Waals surface area (Å²) in [6.45, 7) is 8.05. The van der Waals surface area contributed by atoms with Gasteiger partial charge in [-0.1, -0.05) is 29.8 Å². The molecule has 0 amide bonds. The van der Waals surface area contributed by atoms with E-state index in [1.807, 2.05) is 0 Å². The van der Waals surface area contributed by atoms with E-state index in [9.17, 15) is 8.42 Å². The second-order valence-electron chi connectivity index (χ2n) is 4.87. The van der Waals surface area contributed by atoms with Gasteiger partial charge in [0.05, 0.1) is 5.25 Å². The van der Waals surface area contributed by atoms with Crippen molar-refractivity contribution in [1.29, 1.82) is 0 Å². The molecule has 0 spiro atoms. The summed E-state index contributed by atoms with van der Waals surface area (Å²) in [4.78, 5) is 0. The Morgan fingerprint density at radius 3 is 2.27 bits per heavy atom. The highest BCUT2D eigenvalue weighted by atomic mass is 79.9. The van der Waals surface area contributed by atoms with Crippen LogP contribution in [0.25, 0.3) is 0 Å². The number of nitrogens with one attached hydrogen (secondary N) is 1. The van der Waals surface area contributed by atoms with Gasteiger partial charge >= 0.3 is 0 Å². The van der Waals surface area contributed by atoms with E-state index in [0.29, 0.717) is 6.54 Å². The molecule has 0 saturated heterocycles. The number of sulfonamides is 1. The van der Waals surface area contributed by atoms with Crippen molar-refractivity contribution < 1.29 is 8.42 Å². The minimum Gasteiger partial charge on any atom is -0.214 e. The zero-order valence-corrected chi connectivity index (χ0v) is 12.4. The first-order chi connectivity index (χ1) is 6.71. The standard InChI is InChI=1S/C10H22BrNO2S/c1-9(2)15(13,14)12-8-10(3,4)6-5-7-11/h9,12H,5-8H2,1-4H3. The van der Waals surface area contributed by atoms with Gasteiger partial charge in [-0.05, 0) is 32.1 Å². The molecule has 1 N–H and O–H groups in total. The first-order valence-electron chi connectivity index (χ1n) is 5.26. The van der Waals surface area contributed by atoms with Crippen LogP contribution in [0.5, 0.6) is 0 Å². The summed E-state index contributed by atoms with van der Waals surface area (Å²) >= 11 is 3.38. The van der Waals surface area contributed by atoms with Crippen molar-refractivity contribution in [1.82, 2.24) is 4.72 Å². The molecule has 0 saturated carbocycles. The Bertz CT molecular complexity index is 273. The van der Waals surface area contributed by atoms with Gasteiger partial charge in [-0.2, -0.15) is 0 Å². The van der Waals surface area contributed by atoms with Crippen LogP contribution in [-0.4, -0.2) is 25.5 Å². The quantitative estimate of drug-likeness (QED) is 0.734. The van der Waals surface area contributed by atoms with Gasteiger partial charge in [0.15, 0.2) is 0 Å². The van der Waals surface area contributed by atoms with Gasteiger partial charge in [0.1, 0.15) is 0 Å². The third-order valence-electron chi connectivity index (χ3n) is 2.36. The molecule has 15 heavy (non-hydrogen) atoms. The summed E-state index contributed by atoms with van der Waals surface area (Å²) < 4.78 is 25.7. The van der Waals surface area contributed by atoms with Gasteiger partial charge in [-0.3, -0.25) is 0 Å². The van der Waals surface area contributed by atoms with Gasteiger partial charge in [-0.15, -0.1) is 0 Å². The van der Waals surface area contributed by atoms with Crippen molar-refractivity contribution in [3.63, 3.8) is 0 Å². The Morgan fingerprint density at radius 1 is 1.33 bits per heavy atom. The molecule has 0 aliphatic rings. The molecular weight excluding hydrogens is 278 g/mol. The smallest absolute Gasteiger partial charge is 0.213 e. The topological polar surface area (TPSA) is 46.2 Å². The molecule has 0 radical (unpaired) electrons. The van der Waals surface area contributed by atoms with Gasteiger partial charge in [0.2, 0.25) is 10.0 Å². The molecule has 5 heteroatoms. The molecule has 0 aliphatic carbocycles. The fourth-order valence-corrected chi connectivity index (χ4v) is 2.30. The summed E-state index contributed by atoms with van der Waals surface area (Å²) in [6, 6.07) is 0. The monoisotopic (exact) mass is 299 g/mol. The highest BCUT2D eigenvalue weighted by molar-refractivity contribution is 9.09. The van der Waals surface area contributed by atoms with E-state index in [0.717, 1.165) is 18.2 Å². The van der Waals surface area contributed by atoms with Gasteiger partial charge < -0.3 is 0 Å². The Hall–Kier alpha value is 0.390. The lowest BCUT2D eigenvalue weighted by Gasteiger charge is -2.25. The molecule has 0 aromatic rings. The minimum atomic E-state index is -3.12. The number of alkyl halides is 1. The number of hydrogen-bond acceptors (Lipinski definition) is 2. The summed E-state index contributed by atoms with van der Waals surface area (Å²) in [5.74, 6) is 0. The summed E-state index contributed by atoms with van der Waals surface area (Å²) in [7, 11) is -3.12.